The van der Waals surface area contributed by atoms with Crippen LogP contribution in [0.2, 0.25) is 0 Å². The number of carbonyl (C=O) groups is 2. The predicted octanol–water partition coefficient (Wildman–Crippen LogP) is 2.37. The third kappa shape index (κ3) is 6.51. The van der Waals surface area contributed by atoms with Gasteiger partial charge in [-0.1, -0.05) is 17.9 Å². The molecule has 0 fully saturated rings. The van der Waals surface area contributed by atoms with Crippen molar-refractivity contribution in [2.45, 2.75) is 6.92 Å². The molecule has 0 aromatic heterocycles. The maximum absolute atomic E-state index is 11.9. The second-order valence-electron chi connectivity index (χ2n) is 5.34. The summed E-state index contributed by atoms with van der Waals surface area (Å²) in [7, 11) is 0. The van der Waals surface area contributed by atoms with E-state index in [1.807, 2.05) is 0 Å². The summed E-state index contributed by atoms with van der Waals surface area (Å²) in [4.78, 5) is 33.0. The zero-order chi connectivity index (χ0) is 19.6. The Bertz CT molecular complexity index is 898. The van der Waals surface area contributed by atoms with Gasteiger partial charge in [-0.05, 0) is 24.3 Å². The molecule has 2 aromatic rings. The summed E-state index contributed by atoms with van der Waals surface area (Å²) in [5.74, 6) is 5.53. The van der Waals surface area contributed by atoms with Gasteiger partial charge >= 0.3 is 0 Å². The van der Waals surface area contributed by atoms with Crippen molar-refractivity contribution in [1.82, 2.24) is 5.32 Å². The number of hydrogen-bond donors (Lipinski definition) is 2. The van der Waals surface area contributed by atoms with Crippen LogP contribution in [0.5, 0.6) is 5.75 Å². The van der Waals surface area contributed by atoms with Crippen LogP contribution in [0, 0.1) is 22.0 Å². The van der Waals surface area contributed by atoms with Crippen molar-refractivity contribution in [2.75, 3.05) is 18.5 Å². The molecule has 0 spiro atoms. The largest absolute Gasteiger partial charge is 0.481 e. The first-order valence-corrected chi connectivity index (χ1v) is 7.94. The van der Waals surface area contributed by atoms with Crippen LogP contribution in [-0.4, -0.2) is 29.9 Å². The van der Waals surface area contributed by atoms with Crippen LogP contribution in [0.25, 0.3) is 0 Å². The number of hydrogen-bond acceptors (Lipinski definition) is 5. The molecule has 2 amide bonds. The molecule has 0 saturated carbocycles. The van der Waals surface area contributed by atoms with Crippen LogP contribution >= 0.6 is 0 Å². The summed E-state index contributed by atoms with van der Waals surface area (Å²) in [6.07, 6.45) is 0. The number of benzene rings is 2. The fourth-order valence-corrected chi connectivity index (χ4v) is 2.06. The van der Waals surface area contributed by atoms with E-state index < -0.39 is 4.92 Å². The van der Waals surface area contributed by atoms with Crippen molar-refractivity contribution in [3.05, 3.63) is 64.2 Å². The Labute approximate surface area is 155 Å². The molecule has 0 aliphatic heterocycles. The summed E-state index contributed by atoms with van der Waals surface area (Å²) >= 11 is 0. The number of nitro groups is 1. The average molecular weight is 367 g/mol. The maximum Gasteiger partial charge on any atom is 0.269 e. The molecule has 2 N–H and O–H groups in total. The fourth-order valence-electron chi connectivity index (χ4n) is 2.06. The molecule has 27 heavy (non-hydrogen) atoms. The van der Waals surface area contributed by atoms with Crippen molar-refractivity contribution in [2.24, 2.45) is 0 Å². The van der Waals surface area contributed by atoms with Gasteiger partial charge in [-0.2, -0.15) is 0 Å². The highest BCUT2D eigenvalue weighted by atomic mass is 16.6. The van der Waals surface area contributed by atoms with Gasteiger partial charge in [0.2, 0.25) is 5.91 Å². The third-order valence-electron chi connectivity index (χ3n) is 3.27. The topological polar surface area (TPSA) is 111 Å². The van der Waals surface area contributed by atoms with Gasteiger partial charge in [0.25, 0.3) is 11.6 Å². The normalized spacial score (nSPS) is 9.52. The van der Waals surface area contributed by atoms with Crippen molar-refractivity contribution in [3.8, 4) is 17.6 Å². The van der Waals surface area contributed by atoms with E-state index in [1.54, 1.807) is 24.3 Å². The molecule has 0 radical (unpaired) electrons. The molecule has 2 rings (SSSR count). The molecule has 138 valence electrons. The smallest absolute Gasteiger partial charge is 0.269 e. The lowest BCUT2D eigenvalue weighted by molar-refractivity contribution is -0.384. The van der Waals surface area contributed by atoms with Crippen LogP contribution in [-0.2, 0) is 4.79 Å². The van der Waals surface area contributed by atoms with Crippen LogP contribution in [0.1, 0.15) is 17.3 Å². The first-order chi connectivity index (χ1) is 13.0. The number of ether oxygens (including phenoxy) is 1. The zero-order valence-corrected chi connectivity index (χ0v) is 14.5. The zero-order valence-electron chi connectivity index (χ0n) is 14.5. The average Bonchev–Trinajstić information content (AvgIpc) is 2.64. The molecule has 0 bridgehead atoms. The molecular weight excluding hydrogens is 350 g/mol. The molecule has 0 saturated heterocycles. The minimum absolute atomic E-state index is 0.0777. The summed E-state index contributed by atoms with van der Waals surface area (Å²) in [5.41, 5.74) is 0.864. The maximum atomic E-state index is 11.9. The second kappa shape index (κ2) is 9.58. The van der Waals surface area contributed by atoms with E-state index in [-0.39, 0.29) is 30.7 Å². The summed E-state index contributed by atoms with van der Waals surface area (Å²) in [5, 5.41) is 15.8. The van der Waals surface area contributed by atoms with E-state index in [9.17, 15) is 19.7 Å². The lowest BCUT2D eigenvalue weighted by Crippen LogP contribution is -2.23. The number of non-ortho nitro benzene ring substituents is 1. The van der Waals surface area contributed by atoms with Crippen molar-refractivity contribution >= 4 is 23.2 Å². The first kappa shape index (κ1) is 19.5. The first-order valence-electron chi connectivity index (χ1n) is 7.94. The molecule has 8 nitrogen and oxygen atoms in total. The van der Waals surface area contributed by atoms with Crippen molar-refractivity contribution in [3.63, 3.8) is 0 Å². The van der Waals surface area contributed by atoms with E-state index in [4.69, 9.17) is 4.74 Å². The highest BCUT2D eigenvalue weighted by molar-refractivity contribution is 5.94. The molecule has 8 heteroatoms. The second-order valence-corrected chi connectivity index (χ2v) is 5.34. The number of nitro benzene ring substituents is 1. The molecule has 0 aliphatic rings. The SMILES string of the molecule is CC(=O)Nc1cccc(OCC#CCNC(=O)c2ccc([N+](=O)[O-])cc2)c1. The fraction of sp³-hybridized carbons (Fsp3) is 0.158. The Morgan fingerprint density at radius 2 is 1.89 bits per heavy atom. The van der Waals surface area contributed by atoms with E-state index in [0.717, 1.165) is 0 Å². The minimum atomic E-state index is -0.529. The highest BCUT2D eigenvalue weighted by Gasteiger charge is 2.08. The lowest BCUT2D eigenvalue weighted by atomic mass is 10.2. The van der Waals surface area contributed by atoms with Gasteiger partial charge in [0, 0.05) is 36.4 Å². The monoisotopic (exact) mass is 367 g/mol. The molecule has 0 atom stereocenters. The molecular formula is C19H17N3O5. The summed E-state index contributed by atoms with van der Waals surface area (Å²) in [6, 6.07) is 12.2. The highest BCUT2D eigenvalue weighted by Crippen LogP contribution is 2.17. The van der Waals surface area contributed by atoms with Gasteiger partial charge in [-0.25, -0.2) is 0 Å². The number of anilines is 1. The Kier molecular flexibility index (Phi) is 6.91. The van der Waals surface area contributed by atoms with Crippen molar-refractivity contribution < 1.29 is 19.2 Å². The Hall–Kier alpha value is -3.86. The quantitative estimate of drug-likeness (QED) is 0.463. The molecule has 0 aliphatic carbocycles. The number of carbonyl (C=O) groups excluding carboxylic acids is 2. The Morgan fingerprint density at radius 3 is 2.56 bits per heavy atom. The summed E-state index contributed by atoms with van der Waals surface area (Å²) < 4.78 is 5.45. The summed E-state index contributed by atoms with van der Waals surface area (Å²) in [6.45, 7) is 1.66. The number of amides is 2. The van der Waals surface area contributed by atoms with Crippen LogP contribution < -0.4 is 15.4 Å². The number of nitrogens with zero attached hydrogens (tertiary/aromatic N) is 1. The van der Waals surface area contributed by atoms with Gasteiger partial charge in [0.1, 0.15) is 12.4 Å². The van der Waals surface area contributed by atoms with E-state index in [2.05, 4.69) is 22.5 Å². The van der Waals surface area contributed by atoms with Gasteiger partial charge in [-0.15, -0.1) is 0 Å². The van der Waals surface area contributed by atoms with Crippen LogP contribution in [0.4, 0.5) is 11.4 Å². The van der Waals surface area contributed by atoms with E-state index in [0.29, 0.717) is 17.0 Å². The Morgan fingerprint density at radius 1 is 1.15 bits per heavy atom. The lowest BCUT2D eigenvalue weighted by Gasteiger charge is -2.05. The number of rotatable bonds is 6. The number of nitrogens with one attached hydrogen (secondary N) is 2. The van der Waals surface area contributed by atoms with Gasteiger partial charge in [-0.3, -0.25) is 19.7 Å². The third-order valence-corrected chi connectivity index (χ3v) is 3.27. The predicted molar refractivity (Wildman–Crippen MR) is 99.4 cm³/mol. The van der Waals surface area contributed by atoms with Gasteiger partial charge in [0.15, 0.2) is 0 Å². The van der Waals surface area contributed by atoms with Crippen LogP contribution in [0.3, 0.4) is 0 Å². The standard InChI is InChI=1S/C19H17N3O5/c1-14(23)21-16-5-4-6-18(13-16)27-12-3-2-11-20-19(24)15-7-9-17(10-8-15)22(25)26/h4-10,13H,11-12H2,1H3,(H,20,24)(H,21,23). The van der Waals surface area contributed by atoms with E-state index in [1.165, 1.54) is 31.2 Å². The molecule has 2 aromatic carbocycles. The van der Waals surface area contributed by atoms with Crippen LogP contribution in [0.15, 0.2) is 48.5 Å². The molecule has 0 heterocycles. The van der Waals surface area contributed by atoms with Gasteiger partial charge < -0.3 is 15.4 Å². The Balaban J connectivity index is 1.76. The van der Waals surface area contributed by atoms with E-state index >= 15 is 0 Å². The van der Waals surface area contributed by atoms with Gasteiger partial charge in [0.05, 0.1) is 11.5 Å². The molecule has 0 unspecified atom stereocenters. The van der Waals surface area contributed by atoms with Crippen molar-refractivity contribution in [1.29, 1.82) is 0 Å². The minimum Gasteiger partial charge on any atom is -0.481 e.